The summed E-state index contributed by atoms with van der Waals surface area (Å²) in [4.78, 5) is 16.4. The van der Waals surface area contributed by atoms with E-state index in [1.807, 2.05) is 41.5 Å². The van der Waals surface area contributed by atoms with Crippen LogP contribution in [0, 0.1) is 0 Å². The Bertz CT molecular complexity index is 387. The van der Waals surface area contributed by atoms with Gasteiger partial charge in [0.25, 0.3) is 0 Å². The minimum atomic E-state index is -0.531. The van der Waals surface area contributed by atoms with E-state index in [0.29, 0.717) is 19.1 Å². The minimum absolute atomic E-state index is 0.0696. The first-order chi connectivity index (χ1) is 10.6. The Balaban J connectivity index is 4.79. The lowest BCUT2D eigenvalue weighted by Gasteiger charge is -2.32. The molecule has 0 bridgehead atoms. The Hall–Kier alpha value is -1.50. The Kier molecular flexibility index (Phi) is 8.97. The number of nitrogens with one attached hydrogen (secondary N) is 2. The van der Waals surface area contributed by atoms with E-state index >= 15 is 0 Å². The van der Waals surface area contributed by atoms with Gasteiger partial charge in [-0.2, -0.15) is 0 Å². The third-order valence-electron chi connectivity index (χ3n) is 3.48. The van der Waals surface area contributed by atoms with E-state index in [1.165, 1.54) is 0 Å². The molecule has 0 saturated carbocycles. The molecule has 0 aromatic rings. The number of nitrogens with two attached hydrogens (primary N) is 1. The van der Waals surface area contributed by atoms with Crippen LogP contribution in [0.4, 0.5) is 4.79 Å². The number of amides is 1. The van der Waals surface area contributed by atoms with Crippen molar-refractivity contribution in [1.82, 2.24) is 10.6 Å². The number of hydrogen-bond acceptors (Lipinski definition) is 4. The Morgan fingerprint density at radius 2 is 1.83 bits per heavy atom. The molecule has 1 atom stereocenters. The van der Waals surface area contributed by atoms with Gasteiger partial charge in [-0.25, -0.2) is 4.79 Å². The Morgan fingerprint density at radius 3 is 2.26 bits per heavy atom. The number of ether oxygens (including phenoxy) is 2. The number of aliphatic imine (C=N–C) groups is 1. The summed E-state index contributed by atoms with van der Waals surface area (Å²) in [5.41, 5.74) is 4.89. The lowest BCUT2D eigenvalue weighted by molar-refractivity contribution is 0.0452. The number of guanidine groups is 1. The van der Waals surface area contributed by atoms with Crippen molar-refractivity contribution in [3.8, 4) is 0 Å². The first-order valence-electron chi connectivity index (χ1n) is 8.14. The van der Waals surface area contributed by atoms with Crippen LogP contribution in [0.5, 0.6) is 0 Å². The molecule has 4 N–H and O–H groups in total. The molecule has 1 unspecified atom stereocenters. The molecule has 7 heteroatoms. The lowest BCUT2D eigenvalue weighted by Crippen LogP contribution is -2.52. The summed E-state index contributed by atoms with van der Waals surface area (Å²) in [5.74, 6) is 0.340. The van der Waals surface area contributed by atoms with E-state index in [9.17, 15) is 4.79 Å². The molecule has 0 fully saturated rings. The molecule has 0 aliphatic heterocycles. The molecule has 0 spiro atoms. The highest BCUT2D eigenvalue weighted by Gasteiger charge is 2.30. The maximum atomic E-state index is 12.1. The molecular formula is C16H34N4O3. The van der Waals surface area contributed by atoms with Crippen LogP contribution in [0.1, 0.15) is 54.4 Å². The summed E-state index contributed by atoms with van der Waals surface area (Å²) >= 11 is 0. The SMILES string of the molecule is CCC(CC)(CN=C(N)NC(C)COC)NC(=O)OC(C)(C)C. The summed E-state index contributed by atoms with van der Waals surface area (Å²) in [6.07, 6.45) is 1.02. The van der Waals surface area contributed by atoms with Gasteiger partial charge < -0.3 is 25.8 Å². The van der Waals surface area contributed by atoms with Crippen LogP contribution in [-0.4, -0.2) is 49.5 Å². The highest BCUT2D eigenvalue weighted by Crippen LogP contribution is 2.17. The third-order valence-corrected chi connectivity index (χ3v) is 3.48. The van der Waals surface area contributed by atoms with Crippen molar-refractivity contribution < 1.29 is 14.3 Å². The van der Waals surface area contributed by atoms with Crippen LogP contribution in [0.2, 0.25) is 0 Å². The van der Waals surface area contributed by atoms with E-state index in [1.54, 1.807) is 7.11 Å². The van der Waals surface area contributed by atoms with E-state index in [-0.39, 0.29) is 6.04 Å². The second kappa shape index (κ2) is 9.60. The van der Waals surface area contributed by atoms with Crippen molar-refractivity contribution >= 4 is 12.1 Å². The van der Waals surface area contributed by atoms with E-state index < -0.39 is 17.2 Å². The predicted molar refractivity (Wildman–Crippen MR) is 93.6 cm³/mol. The van der Waals surface area contributed by atoms with Crippen LogP contribution in [0.25, 0.3) is 0 Å². The molecule has 136 valence electrons. The van der Waals surface area contributed by atoms with Gasteiger partial charge in [-0.3, -0.25) is 4.99 Å². The molecule has 0 heterocycles. The molecule has 23 heavy (non-hydrogen) atoms. The number of carbonyl (C=O) groups is 1. The van der Waals surface area contributed by atoms with Gasteiger partial charge in [0, 0.05) is 13.2 Å². The van der Waals surface area contributed by atoms with Crippen molar-refractivity contribution in [2.24, 2.45) is 10.7 Å². The largest absolute Gasteiger partial charge is 0.444 e. The van der Waals surface area contributed by atoms with Crippen molar-refractivity contribution in [3.05, 3.63) is 0 Å². The van der Waals surface area contributed by atoms with Crippen LogP contribution >= 0.6 is 0 Å². The van der Waals surface area contributed by atoms with Gasteiger partial charge in [0.15, 0.2) is 5.96 Å². The summed E-state index contributed by atoms with van der Waals surface area (Å²) in [5, 5.41) is 6.00. The van der Waals surface area contributed by atoms with Crippen LogP contribution in [0.15, 0.2) is 4.99 Å². The predicted octanol–water partition coefficient (Wildman–Crippen LogP) is 2.01. The quantitative estimate of drug-likeness (QED) is 0.467. The zero-order chi connectivity index (χ0) is 18.1. The van der Waals surface area contributed by atoms with Crippen molar-refractivity contribution in [2.75, 3.05) is 20.3 Å². The monoisotopic (exact) mass is 330 g/mol. The fourth-order valence-corrected chi connectivity index (χ4v) is 2.04. The number of nitrogens with zero attached hydrogens (tertiary/aromatic N) is 1. The van der Waals surface area contributed by atoms with E-state index in [0.717, 1.165) is 12.8 Å². The van der Waals surface area contributed by atoms with Crippen LogP contribution in [0.3, 0.4) is 0 Å². The fraction of sp³-hybridized carbons (Fsp3) is 0.875. The first kappa shape index (κ1) is 21.5. The molecule has 0 aromatic carbocycles. The smallest absolute Gasteiger partial charge is 0.408 e. The topological polar surface area (TPSA) is 98.0 Å². The summed E-state index contributed by atoms with van der Waals surface area (Å²) in [7, 11) is 1.63. The Labute approximate surface area is 140 Å². The highest BCUT2D eigenvalue weighted by molar-refractivity contribution is 5.78. The second-order valence-electron chi connectivity index (χ2n) is 6.82. The lowest BCUT2D eigenvalue weighted by atomic mass is 9.93. The number of carbonyl (C=O) groups excluding carboxylic acids is 1. The number of rotatable bonds is 8. The molecular weight excluding hydrogens is 296 g/mol. The number of alkyl carbamates (subject to hydrolysis) is 1. The highest BCUT2D eigenvalue weighted by atomic mass is 16.6. The number of hydrogen-bond donors (Lipinski definition) is 3. The standard InChI is InChI=1S/C16H34N4O3/c1-8-16(9-2,20-14(21)23-15(4,5)6)11-18-13(17)19-12(3)10-22-7/h12H,8-11H2,1-7H3,(H,20,21)(H3,17,18,19). The van der Waals surface area contributed by atoms with Crippen molar-refractivity contribution in [3.63, 3.8) is 0 Å². The molecule has 0 aliphatic carbocycles. The van der Waals surface area contributed by atoms with Crippen LogP contribution in [-0.2, 0) is 9.47 Å². The van der Waals surface area contributed by atoms with Crippen molar-refractivity contribution in [2.45, 2.75) is 71.6 Å². The summed E-state index contributed by atoms with van der Waals surface area (Å²) in [6, 6.07) is 0.0696. The minimum Gasteiger partial charge on any atom is -0.444 e. The van der Waals surface area contributed by atoms with Gasteiger partial charge in [0.1, 0.15) is 5.60 Å². The van der Waals surface area contributed by atoms with Gasteiger partial charge >= 0.3 is 6.09 Å². The zero-order valence-corrected chi connectivity index (χ0v) is 15.7. The van der Waals surface area contributed by atoms with Gasteiger partial charge in [-0.15, -0.1) is 0 Å². The van der Waals surface area contributed by atoms with Gasteiger partial charge in [0.05, 0.1) is 18.7 Å². The summed E-state index contributed by atoms with van der Waals surface area (Å²) in [6.45, 7) is 12.4. The number of methoxy groups -OCH3 is 1. The average Bonchev–Trinajstić information content (AvgIpc) is 2.41. The molecule has 0 rings (SSSR count). The zero-order valence-electron chi connectivity index (χ0n) is 15.7. The second-order valence-corrected chi connectivity index (χ2v) is 6.82. The van der Waals surface area contributed by atoms with Gasteiger partial charge in [0.2, 0.25) is 0 Å². The summed E-state index contributed by atoms with van der Waals surface area (Å²) < 4.78 is 10.4. The van der Waals surface area contributed by atoms with Gasteiger partial charge in [-0.1, -0.05) is 13.8 Å². The normalized spacial score (nSPS) is 14.3. The molecule has 0 aromatic heterocycles. The third kappa shape index (κ3) is 9.28. The van der Waals surface area contributed by atoms with Crippen molar-refractivity contribution in [1.29, 1.82) is 0 Å². The fourth-order valence-electron chi connectivity index (χ4n) is 2.04. The molecule has 7 nitrogen and oxygen atoms in total. The van der Waals surface area contributed by atoms with E-state index in [4.69, 9.17) is 15.2 Å². The molecule has 0 saturated heterocycles. The Morgan fingerprint density at radius 1 is 1.26 bits per heavy atom. The first-order valence-corrected chi connectivity index (χ1v) is 8.14. The maximum Gasteiger partial charge on any atom is 0.408 e. The van der Waals surface area contributed by atoms with Crippen LogP contribution < -0.4 is 16.4 Å². The maximum absolute atomic E-state index is 12.1. The van der Waals surface area contributed by atoms with E-state index in [2.05, 4.69) is 15.6 Å². The average molecular weight is 330 g/mol. The van der Waals surface area contributed by atoms with Gasteiger partial charge in [-0.05, 0) is 40.5 Å². The molecule has 0 radical (unpaired) electrons. The molecule has 1 amide bonds. The molecule has 0 aliphatic rings.